The Morgan fingerprint density at radius 2 is 1.95 bits per heavy atom. The number of aliphatic hydroxyl groups excluding tert-OH is 1. The quantitative estimate of drug-likeness (QED) is 0.650. The van der Waals surface area contributed by atoms with Crippen LogP contribution in [0.5, 0.6) is 0 Å². The Morgan fingerprint density at radius 3 is 2.21 bits per heavy atom. The zero-order valence-corrected chi connectivity index (χ0v) is 15.5. The van der Waals surface area contributed by atoms with Crippen molar-refractivity contribution in [3.63, 3.8) is 0 Å². The van der Waals surface area contributed by atoms with Gasteiger partial charge in [-0.25, -0.2) is 0 Å². The third kappa shape index (κ3) is 23.9. The van der Waals surface area contributed by atoms with Crippen LogP contribution < -0.4 is 0 Å². The monoisotopic (exact) mass is 455 g/mol. The molecule has 119 valence electrons. The van der Waals surface area contributed by atoms with Crippen molar-refractivity contribution in [1.29, 1.82) is 0 Å². The van der Waals surface area contributed by atoms with Gasteiger partial charge in [-0.15, -0.1) is 0 Å². The van der Waals surface area contributed by atoms with Gasteiger partial charge in [0.25, 0.3) is 0 Å². The number of hydrogen-bond donors (Lipinski definition) is 1. The fourth-order valence-corrected chi connectivity index (χ4v) is 1.17. The maximum absolute atomic E-state index is 7.94. The van der Waals surface area contributed by atoms with Gasteiger partial charge in [-0.2, -0.15) is 13.8 Å². The number of rotatable bonds is 5. The molecule has 1 heterocycles. The molecule has 1 rings (SSSR count). The van der Waals surface area contributed by atoms with Crippen LogP contribution in [0.3, 0.4) is 0 Å². The van der Waals surface area contributed by atoms with Crippen LogP contribution in [-0.4, -0.2) is 50.9 Å². The molecule has 0 spiro atoms. The summed E-state index contributed by atoms with van der Waals surface area (Å²) in [7, 11) is 1.55. The summed E-state index contributed by atoms with van der Waals surface area (Å²) in [4.78, 5) is 0. The van der Waals surface area contributed by atoms with E-state index in [1.807, 2.05) is 20.3 Å². The third-order valence-corrected chi connectivity index (χ3v) is 1.93. The first kappa shape index (κ1) is 24.5. The van der Waals surface area contributed by atoms with Crippen LogP contribution in [0, 0.1) is 6.42 Å². The van der Waals surface area contributed by atoms with Crippen molar-refractivity contribution in [2.75, 3.05) is 33.5 Å². The molecule has 1 fully saturated rings. The molecule has 4 nitrogen and oxygen atoms in total. The molecule has 1 radical (unpaired) electrons. The van der Waals surface area contributed by atoms with Gasteiger partial charge in [0.2, 0.25) is 0 Å². The molecule has 0 saturated carbocycles. The first-order chi connectivity index (χ1) is 8.62. The van der Waals surface area contributed by atoms with Crippen LogP contribution in [0.25, 0.3) is 0 Å². The van der Waals surface area contributed by atoms with Gasteiger partial charge >= 0.3 is 19.8 Å². The number of methoxy groups -OCH3 is 1. The zero-order valence-electron chi connectivity index (χ0n) is 13.0. The van der Waals surface area contributed by atoms with Crippen LogP contribution in [0.4, 0.5) is 0 Å². The predicted molar refractivity (Wildman–Crippen MR) is 74.7 cm³/mol. The Balaban J connectivity index is -0.000000243. The summed E-state index contributed by atoms with van der Waals surface area (Å²) in [5, 5.41) is 7.94. The molecule has 0 aromatic heterocycles. The number of aliphatic hydroxyl groups is 1. The minimum atomic E-state index is 0. The number of hydrogen-bond acceptors (Lipinski definition) is 4. The first-order valence-electron chi connectivity index (χ1n) is 6.69. The standard InChI is InChI=1S/C8H16O2.C3H8O2.C3H7.Os/c1-7(2)10-6-8-4-3-5-9-8;1-5-3-2-4;1-3-2;/h7-8H,3-6H2,1-2H3;4H,2-3H2,1H3;3H,1-2H3;/q;;-1;+1. The van der Waals surface area contributed by atoms with E-state index in [0.717, 1.165) is 13.2 Å². The number of ether oxygens (including phenoxy) is 3. The summed E-state index contributed by atoms with van der Waals surface area (Å²) in [6.07, 6.45) is 5.09. The van der Waals surface area contributed by atoms with Crippen LogP contribution in [0.2, 0.25) is 0 Å². The van der Waals surface area contributed by atoms with Crippen molar-refractivity contribution in [1.82, 2.24) is 0 Å². The predicted octanol–water partition coefficient (Wildman–Crippen LogP) is 2.44. The SMILES string of the molecule is CC(C)OCC1CCCO1.COCCO.C[CH-]C.[Os+]. The Labute approximate surface area is 132 Å². The summed E-state index contributed by atoms with van der Waals surface area (Å²) in [6.45, 7) is 10.4. The molecule has 1 aliphatic rings. The van der Waals surface area contributed by atoms with Gasteiger partial charge in [-0.3, -0.25) is 0 Å². The average Bonchev–Trinajstić information content (AvgIpc) is 2.82. The van der Waals surface area contributed by atoms with Crippen LogP contribution >= 0.6 is 0 Å². The van der Waals surface area contributed by atoms with Gasteiger partial charge in [-0.05, 0) is 26.7 Å². The molecular formula is C14H31O4Os. The van der Waals surface area contributed by atoms with E-state index in [2.05, 4.69) is 18.6 Å². The third-order valence-electron chi connectivity index (χ3n) is 1.93. The molecule has 0 aliphatic carbocycles. The van der Waals surface area contributed by atoms with E-state index in [9.17, 15) is 0 Å². The largest absolute Gasteiger partial charge is 1.00 e. The van der Waals surface area contributed by atoms with Crippen molar-refractivity contribution in [3.8, 4) is 0 Å². The van der Waals surface area contributed by atoms with Gasteiger partial charge in [0.05, 0.1) is 32.0 Å². The smallest absolute Gasteiger partial charge is 0.394 e. The van der Waals surface area contributed by atoms with Crippen molar-refractivity contribution in [2.45, 2.75) is 52.7 Å². The Morgan fingerprint density at radius 1 is 1.37 bits per heavy atom. The van der Waals surface area contributed by atoms with E-state index in [4.69, 9.17) is 14.6 Å². The minimum Gasteiger partial charge on any atom is -0.394 e. The Kier molecular flexibility index (Phi) is 26.8. The first-order valence-corrected chi connectivity index (χ1v) is 6.69. The average molecular weight is 454 g/mol. The maximum atomic E-state index is 7.94. The maximum Gasteiger partial charge on any atom is 1.00 e. The molecule has 0 aromatic carbocycles. The van der Waals surface area contributed by atoms with Crippen molar-refractivity contribution >= 4 is 0 Å². The van der Waals surface area contributed by atoms with E-state index in [-0.39, 0.29) is 26.4 Å². The normalized spacial score (nSPS) is 16.9. The van der Waals surface area contributed by atoms with E-state index in [0.29, 0.717) is 18.8 Å². The summed E-state index contributed by atoms with van der Waals surface area (Å²) < 4.78 is 15.2. The molecule has 0 bridgehead atoms. The molecule has 5 heteroatoms. The van der Waals surface area contributed by atoms with Gasteiger partial charge in [0.15, 0.2) is 0 Å². The van der Waals surface area contributed by atoms with Crippen molar-refractivity contribution in [2.24, 2.45) is 0 Å². The molecule has 1 N–H and O–H groups in total. The molecule has 19 heavy (non-hydrogen) atoms. The van der Waals surface area contributed by atoms with Gasteiger partial charge < -0.3 is 25.7 Å². The zero-order chi connectivity index (χ0) is 14.2. The van der Waals surface area contributed by atoms with Gasteiger partial charge in [0.1, 0.15) is 0 Å². The molecule has 1 saturated heterocycles. The van der Waals surface area contributed by atoms with E-state index < -0.39 is 0 Å². The van der Waals surface area contributed by atoms with Crippen LogP contribution in [0.1, 0.15) is 40.5 Å². The fraction of sp³-hybridized carbons (Fsp3) is 0.929. The molecule has 0 aromatic rings. The molecule has 1 aliphatic heterocycles. The van der Waals surface area contributed by atoms with Crippen LogP contribution in [0.15, 0.2) is 0 Å². The summed E-state index contributed by atoms with van der Waals surface area (Å²) in [6, 6.07) is 0. The van der Waals surface area contributed by atoms with E-state index in [1.165, 1.54) is 12.8 Å². The summed E-state index contributed by atoms with van der Waals surface area (Å²) in [5.41, 5.74) is 0. The van der Waals surface area contributed by atoms with Gasteiger partial charge in [-0.1, -0.05) is 0 Å². The van der Waals surface area contributed by atoms with E-state index >= 15 is 0 Å². The molecular weight excluding hydrogens is 422 g/mol. The van der Waals surface area contributed by atoms with Gasteiger partial charge in [0, 0.05) is 13.7 Å². The molecule has 0 amide bonds. The van der Waals surface area contributed by atoms with E-state index in [1.54, 1.807) is 7.11 Å². The fourth-order valence-electron chi connectivity index (χ4n) is 1.17. The second kappa shape index (κ2) is 20.8. The second-order valence-electron chi connectivity index (χ2n) is 4.31. The summed E-state index contributed by atoms with van der Waals surface area (Å²) >= 11 is 0. The molecule has 1 atom stereocenters. The van der Waals surface area contributed by atoms with Crippen molar-refractivity contribution in [3.05, 3.63) is 6.42 Å². The minimum absolute atomic E-state index is 0. The van der Waals surface area contributed by atoms with Crippen LogP contribution in [-0.2, 0) is 34.0 Å². The second-order valence-corrected chi connectivity index (χ2v) is 4.31. The molecule has 1 unspecified atom stereocenters. The Hall–Kier alpha value is 0.476. The Bertz CT molecular complexity index is 137. The summed E-state index contributed by atoms with van der Waals surface area (Å²) in [5.74, 6) is 0. The topological polar surface area (TPSA) is 47.9 Å². The van der Waals surface area contributed by atoms with Crippen molar-refractivity contribution < 1.29 is 39.1 Å².